The van der Waals surface area contributed by atoms with E-state index in [-0.39, 0.29) is 5.56 Å². The molecular formula is C21H23N3O3. The Labute approximate surface area is 158 Å². The van der Waals surface area contributed by atoms with E-state index in [1.165, 1.54) is 0 Å². The van der Waals surface area contributed by atoms with Crippen molar-refractivity contribution < 1.29 is 9.47 Å². The number of ether oxygens (including phenoxy) is 2. The summed E-state index contributed by atoms with van der Waals surface area (Å²) >= 11 is 0. The third-order valence-corrected chi connectivity index (χ3v) is 4.74. The molecule has 0 unspecified atom stereocenters. The van der Waals surface area contributed by atoms with Gasteiger partial charge in [-0.25, -0.2) is 4.98 Å². The van der Waals surface area contributed by atoms with Crippen molar-refractivity contribution in [2.24, 2.45) is 0 Å². The monoisotopic (exact) mass is 365 g/mol. The van der Waals surface area contributed by atoms with Gasteiger partial charge in [-0.1, -0.05) is 30.3 Å². The fraction of sp³-hybridized carbons (Fsp3) is 0.333. The zero-order valence-electron chi connectivity index (χ0n) is 15.2. The summed E-state index contributed by atoms with van der Waals surface area (Å²) in [5, 5.41) is 0.642. The quantitative estimate of drug-likeness (QED) is 0.671. The molecule has 0 radical (unpaired) electrons. The molecular weight excluding hydrogens is 342 g/mol. The lowest BCUT2D eigenvalue weighted by Gasteiger charge is -2.27. The predicted octanol–water partition coefficient (Wildman–Crippen LogP) is 2.31. The molecule has 0 atom stereocenters. The van der Waals surface area contributed by atoms with Crippen LogP contribution in [-0.2, 0) is 17.8 Å². The molecule has 0 amide bonds. The van der Waals surface area contributed by atoms with Crippen LogP contribution in [0.15, 0.2) is 59.4 Å². The van der Waals surface area contributed by atoms with Crippen LogP contribution in [0.1, 0.15) is 5.82 Å². The second-order valence-corrected chi connectivity index (χ2v) is 6.55. The van der Waals surface area contributed by atoms with E-state index in [2.05, 4.69) is 4.90 Å². The van der Waals surface area contributed by atoms with E-state index < -0.39 is 0 Å². The summed E-state index contributed by atoms with van der Waals surface area (Å²) in [7, 11) is 0. The summed E-state index contributed by atoms with van der Waals surface area (Å²) < 4.78 is 13.0. The van der Waals surface area contributed by atoms with E-state index in [9.17, 15) is 4.79 Å². The molecule has 0 saturated carbocycles. The van der Waals surface area contributed by atoms with E-state index in [1.54, 1.807) is 4.57 Å². The van der Waals surface area contributed by atoms with Crippen LogP contribution in [0.25, 0.3) is 10.9 Å². The number of nitrogens with zero attached hydrogens (tertiary/aromatic N) is 3. The number of fused-ring (bicyclic) bond motifs is 1. The average Bonchev–Trinajstić information content (AvgIpc) is 2.72. The van der Waals surface area contributed by atoms with Crippen LogP contribution in [0.3, 0.4) is 0 Å². The topological polar surface area (TPSA) is 56.6 Å². The minimum absolute atomic E-state index is 0.0134. The highest BCUT2D eigenvalue weighted by molar-refractivity contribution is 5.77. The van der Waals surface area contributed by atoms with Gasteiger partial charge in [-0.15, -0.1) is 0 Å². The average molecular weight is 365 g/mol. The van der Waals surface area contributed by atoms with E-state index in [1.807, 2.05) is 54.6 Å². The Morgan fingerprint density at radius 2 is 1.74 bits per heavy atom. The zero-order valence-corrected chi connectivity index (χ0v) is 15.2. The van der Waals surface area contributed by atoms with Gasteiger partial charge < -0.3 is 9.47 Å². The van der Waals surface area contributed by atoms with Gasteiger partial charge in [-0.3, -0.25) is 14.3 Å². The Kier molecular flexibility index (Phi) is 5.46. The summed E-state index contributed by atoms with van der Waals surface area (Å²) in [6.45, 7) is 4.65. The number of benzene rings is 2. The molecule has 140 valence electrons. The molecule has 2 aromatic carbocycles. The minimum Gasteiger partial charge on any atom is -0.492 e. The maximum atomic E-state index is 13.1. The second-order valence-electron chi connectivity index (χ2n) is 6.55. The van der Waals surface area contributed by atoms with Crippen LogP contribution in [0.4, 0.5) is 0 Å². The van der Waals surface area contributed by atoms with E-state index in [0.717, 1.165) is 43.4 Å². The molecule has 1 aliphatic rings. The van der Waals surface area contributed by atoms with Crippen LogP contribution >= 0.6 is 0 Å². The Bertz CT molecular complexity index is 950. The molecule has 3 aromatic rings. The van der Waals surface area contributed by atoms with Crippen molar-refractivity contribution in [3.63, 3.8) is 0 Å². The summed E-state index contributed by atoms with van der Waals surface area (Å²) in [6.07, 6.45) is 0. The fourth-order valence-corrected chi connectivity index (χ4v) is 3.30. The smallest absolute Gasteiger partial charge is 0.261 e. The Balaban J connectivity index is 1.60. The van der Waals surface area contributed by atoms with Gasteiger partial charge in [0.1, 0.15) is 18.2 Å². The predicted molar refractivity (Wildman–Crippen MR) is 104 cm³/mol. The molecule has 0 N–H and O–H groups in total. The van der Waals surface area contributed by atoms with Gasteiger partial charge in [0.05, 0.1) is 37.2 Å². The largest absolute Gasteiger partial charge is 0.492 e. The molecule has 0 spiro atoms. The first kappa shape index (κ1) is 17.7. The Hall–Kier alpha value is -2.70. The molecule has 1 fully saturated rings. The molecule has 1 saturated heterocycles. The number of hydrogen-bond acceptors (Lipinski definition) is 5. The lowest BCUT2D eigenvalue weighted by molar-refractivity contribution is 0.0323. The Morgan fingerprint density at radius 3 is 2.56 bits per heavy atom. The van der Waals surface area contributed by atoms with Crippen LogP contribution in [-0.4, -0.2) is 47.4 Å². The van der Waals surface area contributed by atoms with Gasteiger partial charge in [-0.2, -0.15) is 0 Å². The first-order valence-corrected chi connectivity index (χ1v) is 9.28. The van der Waals surface area contributed by atoms with Crippen molar-refractivity contribution in [2.75, 3.05) is 32.9 Å². The normalized spacial score (nSPS) is 15.1. The minimum atomic E-state index is -0.0134. The molecule has 4 rings (SSSR count). The summed E-state index contributed by atoms with van der Waals surface area (Å²) in [4.78, 5) is 20.1. The first-order valence-electron chi connectivity index (χ1n) is 9.28. The molecule has 6 heteroatoms. The van der Waals surface area contributed by atoms with Gasteiger partial charge >= 0.3 is 0 Å². The molecule has 0 aliphatic carbocycles. The molecule has 0 bridgehead atoms. The number of morpholine rings is 1. The van der Waals surface area contributed by atoms with Crippen molar-refractivity contribution in [2.45, 2.75) is 13.1 Å². The molecule has 6 nitrogen and oxygen atoms in total. The van der Waals surface area contributed by atoms with Crippen LogP contribution < -0.4 is 10.3 Å². The Morgan fingerprint density at radius 1 is 1.00 bits per heavy atom. The lowest BCUT2D eigenvalue weighted by atomic mass is 10.2. The number of hydrogen-bond donors (Lipinski definition) is 0. The highest BCUT2D eigenvalue weighted by Gasteiger charge is 2.16. The van der Waals surface area contributed by atoms with E-state index >= 15 is 0 Å². The molecule has 27 heavy (non-hydrogen) atoms. The van der Waals surface area contributed by atoms with Gasteiger partial charge in [-0.05, 0) is 24.3 Å². The second kappa shape index (κ2) is 8.33. The van der Waals surface area contributed by atoms with Gasteiger partial charge in [0.2, 0.25) is 0 Å². The van der Waals surface area contributed by atoms with Crippen molar-refractivity contribution in [1.82, 2.24) is 14.5 Å². The van der Waals surface area contributed by atoms with Gasteiger partial charge in [0.15, 0.2) is 0 Å². The van der Waals surface area contributed by atoms with Crippen LogP contribution in [0, 0.1) is 0 Å². The third kappa shape index (κ3) is 4.18. The maximum Gasteiger partial charge on any atom is 0.261 e. The van der Waals surface area contributed by atoms with Crippen molar-refractivity contribution in [3.05, 3.63) is 70.8 Å². The SMILES string of the molecule is O=c1c2ccccc2nc(CN2CCOCC2)n1CCOc1ccccc1. The van der Waals surface area contributed by atoms with Crippen LogP contribution in [0.5, 0.6) is 5.75 Å². The summed E-state index contributed by atoms with van der Waals surface area (Å²) in [6, 6.07) is 17.2. The number of aromatic nitrogens is 2. The maximum absolute atomic E-state index is 13.1. The first-order chi connectivity index (χ1) is 13.3. The number of rotatable bonds is 6. The highest BCUT2D eigenvalue weighted by atomic mass is 16.5. The molecule has 2 heterocycles. The van der Waals surface area contributed by atoms with Gasteiger partial charge in [0.25, 0.3) is 5.56 Å². The fourth-order valence-electron chi connectivity index (χ4n) is 3.30. The molecule has 1 aromatic heterocycles. The van der Waals surface area contributed by atoms with Crippen molar-refractivity contribution >= 4 is 10.9 Å². The van der Waals surface area contributed by atoms with Crippen molar-refractivity contribution in [3.8, 4) is 5.75 Å². The lowest BCUT2D eigenvalue weighted by Crippen LogP contribution is -2.38. The third-order valence-electron chi connectivity index (χ3n) is 4.74. The highest BCUT2D eigenvalue weighted by Crippen LogP contribution is 2.12. The van der Waals surface area contributed by atoms with E-state index in [4.69, 9.17) is 14.5 Å². The van der Waals surface area contributed by atoms with Crippen molar-refractivity contribution in [1.29, 1.82) is 0 Å². The number of para-hydroxylation sites is 2. The van der Waals surface area contributed by atoms with Gasteiger partial charge in [0, 0.05) is 13.1 Å². The van der Waals surface area contributed by atoms with Crippen LogP contribution in [0.2, 0.25) is 0 Å². The standard InChI is InChI=1S/C21H23N3O3/c25-21-18-8-4-5-9-19(18)22-20(16-23-10-13-26-14-11-23)24(21)12-15-27-17-6-2-1-3-7-17/h1-9H,10-16H2. The molecule has 1 aliphatic heterocycles. The summed E-state index contributed by atoms with van der Waals surface area (Å²) in [5.41, 5.74) is 0.728. The zero-order chi connectivity index (χ0) is 18.5. The van der Waals surface area contributed by atoms with E-state index in [0.29, 0.717) is 25.1 Å². The summed E-state index contributed by atoms with van der Waals surface area (Å²) in [5.74, 6) is 1.58.